The lowest BCUT2D eigenvalue weighted by Crippen LogP contribution is -2.08. The van der Waals surface area contributed by atoms with Crippen molar-refractivity contribution in [2.24, 2.45) is 0 Å². The minimum absolute atomic E-state index is 0.0576. The van der Waals surface area contributed by atoms with E-state index in [9.17, 15) is 21.6 Å². The van der Waals surface area contributed by atoms with Gasteiger partial charge in [-0.2, -0.15) is 13.2 Å². The Balaban J connectivity index is 2.08. The van der Waals surface area contributed by atoms with Gasteiger partial charge in [-0.1, -0.05) is 6.92 Å². The predicted molar refractivity (Wildman–Crippen MR) is 99.4 cm³/mol. The van der Waals surface area contributed by atoms with Crippen LogP contribution in [0, 0.1) is 0 Å². The van der Waals surface area contributed by atoms with E-state index in [-0.39, 0.29) is 62.5 Å². The summed E-state index contributed by atoms with van der Waals surface area (Å²) in [5, 5.41) is 0. The Kier molecular flexibility index (Phi) is 6.05. The molecule has 3 aromatic rings. The number of aromatic nitrogens is 2. The summed E-state index contributed by atoms with van der Waals surface area (Å²) in [6.45, 7) is 1.36. The summed E-state index contributed by atoms with van der Waals surface area (Å²) < 4.78 is 78.4. The Morgan fingerprint density at radius 1 is 1.24 bits per heavy atom. The molecule has 0 amide bonds. The third-order valence-electron chi connectivity index (χ3n) is 3.68. The summed E-state index contributed by atoms with van der Waals surface area (Å²) in [7, 11) is -2.32. The van der Waals surface area contributed by atoms with Gasteiger partial charge in [0.05, 0.1) is 11.9 Å². The summed E-state index contributed by atoms with van der Waals surface area (Å²) in [5.74, 6) is -0.163. The van der Waals surface area contributed by atoms with Gasteiger partial charge in [-0.15, -0.1) is 0 Å². The number of sulfone groups is 1. The largest absolute Gasteiger partial charge is 0.466 e. The number of alkyl halides is 3. The Labute approximate surface area is 168 Å². The highest BCUT2D eigenvalue weighted by Crippen LogP contribution is 2.38. The van der Waals surface area contributed by atoms with Crippen LogP contribution in [0.15, 0.2) is 44.7 Å². The predicted octanol–water partition coefficient (Wildman–Crippen LogP) is 4.28. The van der Waals surface area contributed by atoms with Crippen molar-refractivity contribution in [1.82, 2.24) is 9.97 Å². The van der Waals surface area contributed by atoms with E-state index in [2.05, 4.69) is 9.97 Å². The summed E-state index contributed by atoms with van der Waals surface area (Å²) in [6, 6.07) is 5.07. The molecule has 0 saturated carbocycles. The average Bonchev–Trinajstić information content (AvgIpc) is 3.08. The number of benzene rings is 1. The molecule has 12 heteroatoms. The monoisotopic (exact) mass is 448 g/mol. The maximum atomic E-state index is 12.6. The van der Waals surface area contributed by atoms with Crippen LogP contribution in [0.4, 0.5) is 13.2 Å². The van der Waals surface area contributed by atoms with E-state index < -0.39 is 15.3 Å². The van der Waals surface area contributed by atoms with Crippen molar-refractivity contribution in [3.8, 4) is 17.3 Å². The lowest BCUT2D eigenvalue weighted by atomic mass is 10.3. The van der Waals surface area contributed by atoms with Crippen molar-refractivity contribution >= 4 is 32.7 Å². The maximum absolute atomic E-state index is 12.6. The van der Waals surface area contributed by atoms with Crippen LogP contribution in [-0.4, -0.2) is 43.5 Å². The standard InChI is InChI=1S/C17H15F3N2O5S2/c1-3-29(23,24)14-6-10(26-9-25-2)8-21-15(14)16-22-12-7-11(28-17(18,19)20)4-5-13(12)27-16/h4-8H,3,9H2,1-2H3. The summed E-state index contributed by atoms with van der Waals surface area (Å²) >= 11 is -0.280. The first-order valence-corrected chi connectivity index (χ1v) is 10.6. The molecule has 2 heterocycles. The van der Waals surface area contributed by atoms with Crippen LogP contribution in [0.25, 0.3) is 22.7 Å². The van der Waals surface area contributed by atoms with Crippen LogP contribution in [0.1, 0.15) is 6.92 Å². The molecule has 0 bridgehead atoms. The van der Waals surface area contributed by atoms with Gasteiger partial charge in [0.25, 0.3) is 0 Å². The molecule has 0 N–H and O–H groups in total. The topological polar surface area (TPSA) is 91.5 Å². The van der Waals surface area contributed by atoms with Gasteiger partial charge in [0.15, 0.2) is 22.2 Å². The highest BCUT2D eigenvalue weighted by molar-refractivity contribution is 8.00. The number of ether oxygens (including phenoxy) is 2. The third kappa shape index (κ3) is 5.00. The number of hydrogen-bond donors (Lipinski definition) is 0. The van der Waals surface area contributed by atoms with Gasteiger partial charge in [0.2, 0.25) is 5.89 Å². The Bertz CT molecular complexity index is 1130. The SMILES string of the molecule is CCS(=O)(=O)c1cc(OCOC)cnc1-c1nc2cc(SC(F)(F)F)ccc2o1. The molecule has 156 valence electrons. The van der Waals surface area contributed by atoms with Gasteiger partial charge in [0.1, 0.15) is 21.9 Å². The molecule has 7 nitrogen and oxygen atoms in total. The first kappa shape index (κ1) is 21.4. The van der Waals surface area contributed by atoms with Crippen LogP contribution in [-0.2, 0) is 14.6 Å². The van der Waals surface area contributed by atoms with Gasteiger partial charge >= 0.3 is 5.51 Å². The molecule has 0 saturated heterocycles. The second-order valence-electron chi connectivity index (χ2n) is 5.67. The fourth-order valence-electron chi connectivity index (χ4n) is 2.39. The van der Waals surface area contributed by atoms with Gasteiger partial charge in [-0.05, 0) is 30.0 Å². The van der Waals surface area contributed by atoms with Gasteiger partial charge in [-0.3, -0.25) is 0 Å². The quantitative estimate of drug-likeness (QED) is 0.391. The van der Waals surface area contributed by atoms with Crippen molar-refractivity contribution in [2.45, 2.75) is 22.2 Å². The van der Waals surface area contributed by atoms with Crippen LogP contribution in [0.2, 0.25) is 0 Å². The Morgan fingerprint density at radius 2 is 2.00 bits per heavy atom. The zero-order chi connectivity index (χ0) is 21.2. The van der Waals surface area contributed by atoms with E-state index in [4.69, 9.17) is 13.9 Å². The highest BCUT2D eigenvalue weighted by Gasteiger charge is 2.30. The van der Waals surface area contributed by atoms with E-state index in [0.29, 0.717) is 0 Å². The average molecular weight is 448 g/mol. The number of rotatable bonds is 7. The van der Waals surface area contributed by atoms with Crippen LogP contribution >= 0.6 is 11.8 Å². The molecule has 0 aliphatic rings. The van der Waals surface area contributed by atoms with Gasteiger partial charge in [0, 0.05) is 18.1 Å². The van der Waals surface area contributed by atoms with Crippen LogP contribution in [0.5, 0.6) is 5.75 Å². The smallest absolute Gasteiger partial charge is 0.446 e. The molecule has 0 spiro atoms. The number of hydrogen-bond acceptors (Lipinski definition) is 8. The molecule has 0 aliphatic carbocycles. The number of nitrogens with zero attached hydrogens (tertiary/aromatic N) is 2. The number of halogens is 3. The van der Waals surface area contributed by atoms with E-state index in [1.165, 1.54) is 44.5 Å². The van der Waals surface area contributed by atoms with Crippen molar-refractivity contribution in [1.29, 1.82) is 0 Å². The van der Waals surface area contributed by atoms with Crippen molar-refractivity contribution in [2.75, 3.05) is 19.7 Å². The molecule has 3 rings (SSSR count). The molecule has 0 fully saturated rings. The molecular weight excluding hydrogens is 433 g/mol. The van der Waals surface area contributed by atoms with Crippen molar-refractivity contribution in [3.63, 3.8) is 0 Å². The lowest BCUT2D eigenvalue weighted by Gasteiger charge is -2.09. The molecule has 0 radical (unpaired) electrons. The lowest BCUT2D eigenvalue weighted by molar-refractivity contribution is -0.0328. The number of fused-ring (bicyclic) bond motifs is 1. The molecule has 1 aromatic carbocycles. The second-order valence-corrected chi connectivity index (χ2v) is 9.05. The van der Waals surface area contributed by atoms with Gasteiger partial charge in [-0.25, -0.2) is 18.4 Å². The fourth-order valence-corrected chi connectivity index (χ4v) is 4.01. The number of methoxy groups -OCH3 is 1. The van der Waals surface area contributed by atoms with E-state index in [0.717, 1.165) is 0 Å². The normalized spacial score (nSPS) is 12.4. The summed E-state index contributed by atoms with van der Waals surface area (Å²) in [5.41, 5.74) is -4.15. The molecule has 0 atom stereocenters. The summed E-state index contributed by atoms with van der Waals surface area (Å²) in [6.07, 6.45) is 1.28. The van der Waals surface area contributed by atoms with E-state index >= 15 is 0 Å². The Morgan fingerprint density at radius 3 is 2.66 bits per heavy atom. The van der Waals surface area contributed by atoms with Gasteiger partial charge < -0.3 is 13.9 Å². The summed E-state index contributed by atoms with van der Waals surface area (Å²) in [4.78, 5) is 8.00. The minimum atomic E-state index is -4.44. The third-order valence-corrected chi connectivity index (χ3v) is 6.14. The van der Waals surface area contributed by atoms with Crippen LogP contribution < -0.4 is 4.74 Å². The number of pyridine rings is 1. The Hall–Kier alpha value is -2.31. The molecular formula is C17H15F3N2O5S2. The zero-order valence-corrected chi connectivity index (χ0v) is 16.8. The zero-order valence-electron chi connectivity index (χ0n) is 15.2. The van der Waals surface area contributed by atoms with E-state index in [1.54, 1.807) is 0 Å². The van der Waals surface area contributed by atoms with Crippen molar-refractivity contribution < 1.29 is 35.5 Å². The maximum Gasteiger partial charge on any atom is 0.446 e. The minimum Gasteiger partial charge on any atom is -0.466 e. The first-order chi connectivity index (χ1) is 13.6. The van der Waals surface area contributed by atoms with Crippen molar-refractivity contribution in [3.05, 3.63) is 30.5 Å². The van der Waals surface area contributed by atoms with E-state index in [1.807, 2.05) is 0 Å². The molecule has 0 aliphatic heterocycles. The molecule has 0 unspecified atom stereocenters. The highest BCUT2D eigenvalue weighted by atomic mass is 32.2. The molecule has 2 aromatic heterocycles. The first-order valence-electron chi connectivity index (χ1n) is 8.14. The molecule has 29 heavy (non-hydrogen) atoms. The second kappa shape index (κ2) is 8.20. The van der Waals surface area contributed by atoms with Crippen LogP contribution in [0.3, 0.4) is 0 Å². The number of oxazole rings is 1. The number of thioether (sulfide) groups is 1. The fraction of sp³-hybridized carbons (Fsp3) is 0.294.